The average Bonchev–Trinajstić information content (AvgIpc) is 3.10. The number of hydrogen-bond acceptors (Lipinski definition) is 7. The van der Waals surface area contributed by atoms with E-state index in [1.807, 2.05) is 48.5 Å². The molecule has 2 saturated heterocycles. The maximum atomic E-state index is 12.3. The van der Waals surface area contributed by atoms with E-state index in [1.54, 1.807) is 0 Å². The Balaban J connectivity index is 1.14. The van der Waals surface area contributed by atoms with Crippen LogP contribution in [0.1, 0.15) is 85.2 Å². The molecule has 0 spiro atoms. The molecule has 5 rings (SSSR count). The third kappa shape index (κ3) is 11.3. The van der Waals surface area contributed by atoms with Crippen LogP contribution in [0.5, 0.6) is 0 Å². The minimum absolute atomic E-state index is 0.0000314. The normalized spacial score (nSPS) is 20.6. The molecule has 3 atom stereocenters. The largest absolute Gasteiger partial charge is 0.481 e. The van der Waals surface area contributed by atoms with Crippen molar-refractivity contribution in [2.75, 3.05) is 32.7 Å². The summed E-state index contributed by atoms with van der Waals surface area (Å²) in [5, 5.41) is 21.2. The Morgan fingerprint density at radius 2 is 1.36 bits per heavy atom. The van der Waals surface area contributed by atoms with Crippen molar-refractivity contribution in [1.82, 2.24) is 15.1 Å². The molecule has 2 aliphatic rings. The predicted molar refractivity (Wildman–Crippen MR) is 180 cm³/mol. The van der Waals surface area contributed by atoms with Crippen molar-refractivity contribution >= 4 is 11.9 Å². The third-order valence-corrected chi connectivity index (χ3v) is 9.08. The van der Waals surface area contributed by atoms with Gasteiger partial charge in [0.15, 0.2) is 6.29 Å². The van der Waals surface area contributed by atoms with Crippen LogP contribution in [-0.2, 0) is 38.8 Å². The second kappa shape index (κ2) is 18.1. The first-order valence-corrected chi connectivity index (χ1v) is 17.0. The van der Waals surface area contributed by atoms with E-state index in [0.717, 1.165) is 87.2 Å². The first-order valence-electron chi connectivity index (χ1n) is 17.0. The number of unbranched alkanes of at least 4 members (excludes halogenated alkanes) is 3. The monoisotopic (exact) mass is 643 g/mol. The van der Waals surface area contributed by atoms with Crippen LogP contribution in [0.4, 0.5) is 0 Å². The number of nitrogens with one attached hydrogen (secondary N) is 1. The molecule has 0 bridgehead atoms. The fourth-order valence-corrected chi connectivity index (χ4v) is 6.29. The van der Waals surface area contributed by atoms with Gasteiger partial charge in [0.05, 0.1) is 18.8 Å². The highest BCUT2D eigenvalue weighted by Gasteiger charge is 2.33. The van der Waals surface area contributed by atoms with Crippen molar-refractivity contribution in [1.29, 1.82) is 0 Å². The summed E-state index contributed by atoms with van der Waals surface area (Å²) in [7, 11) is 0. The number of carboxylic acid groups (broad SMARTS) is 1. The first-order chi connectivity index (χ1) is 22.9. The molecule has 3 aromatic rings. The predicted octanol–water partition coefficient (Wildman–Crippen LogP) is 5.58. The average molecular weight is 644 g/mol. The fourth-order valence-electron chi connectivity index (χ4n) is 6.29. The van der Waals surface area contributed by atoms with Crippen LogP contribution < -0.4 is 5.32 Å². The number of rotatable bonds is 16. The van der Waals surface area contributed by atoms with E-state index < -0.39 is 12.3 Å². The molecule has 0 radical (unpaired) electrons. The van der Waals surface area contributed by atoms with Gasteiger partial charge in [-0.1, -0.05) is 91.7 Å². The number of piperazine rings is 1. The van der Waals surface area contributed by atoms with Gasteiger partial charge < -0.3 is 25.0 Å². The van der Waals surface area contributed by atoms with Gasteiger partial charge in [-0.25, -0.2) is 0 Å². The van der Waals surface area contributed by atoms with Gasteiger partial charge in [0.2, 0.25) is 5.91 Å². The van der Waals surface area contributed by atoms with Gasteiger partial charge in [-0.05, 0) is 35.1 Å². The van der Waals surface area contributed by atoms with Crippen LogP contribution >= 0.6 is 0 Å². The Morgan fingerprint density at radius 3 is 2.04 bits per heavy atom. The third-order valence-electron chi connectivity index (χ3n) is 9.08. The van der Waals surface area contributed by atoms with E-state index in [-0.39, 0.29) is 31.1 Å². The molecule has 0 unspecified atom stereocenters. The molecule has 2 heterocycles. The SMILES string of the molecule is O=C(O)CCCCCCC(=O)NCc1ccc([C@H]2O[C@@H](CN3CCN(Cc4ccccc4)CC3)C[C@@H](c3ccc(CO)cc3)O2)cc1. The summed E-state index contributed by atoms with van der Waals surface area (Å²) in [5.41, 5.74) is 5.24. The van der Waals surface area contributed by atoms with Gasteiger partial charge in [0, 0.05) is 70.6 Å². The number of aliphatic carboxylic acids is 1. The Labute approximate surface area is 278 Å². The van der Waals surface area contributed by atoms with Gasteiger partial charge in [-0.2, -0.15) is 0 Å². The van der Waals surface area contributed by atoms with Crippen LogP contribution in [-0.4, -0.2) is 70.7 Å². The lowest BCUT2D eigenvalue weighted by atomic mass is 9.99. The summed E-state index contributed by atoms with van der Waals surface area (Å²) in [6.45, 7) is 6.33. The van der Waals surface area contributed by atoms with Gasteiger partial charge in [-0.15, -0.1) is 0 Å². The lowest BCUT2D eigenvalue weighted by Crippen LogP contribution is -2.49. The van der Waals surface area contributed by atoms with Crippen LogP contribution in [0.15, 0.2) is 78.9 Å². The number of aliphatic hydroxyl groups is 1. The van der Waals surface area contributed by atoms with Crippen LogP contribution in [0.2, 0.25) is 0 Å². The lowest BCUT2D eigenvalue weighted by Gasteiger charge is -2.40. The van der Waals surface area contributed by atoms with E-state index in [2.05, 4.69) is 45.4 Å². The molecule has 0 saturated carbocycles. The molecule has 252 valence electrons. The number of carbonyl (C=O) groups excluding carboxylic acids is 1. The minimum Gasteiger partial charge on any atom is -0.481 e. The molecular formula is C38H49N3O6. The quantitative estimate of drug-likeness (QED) is 0.174. The zero-order chi connectivity index (χ0) is 32.8. The van der Waals surface area contributed by atoms with Gasteiger partial charge in [0.1, 0.15) is 0 Å². The highest BCUT2D eigenvalue weighted by molar-refractivity contribution is 5.75. The number of hydrogen-bond donors (Lipinski definition) is 3. The number of carbonyl (C=O) groups is 2. The van der Waals surface area contributed by atoms with Crippen LogP contribution in [0, 0.1) is 0 Å². The molecule has 1 amide bonds. The molecule has 2 fully saturated rings. The second-order valence-electron chi connectivity index (χ2n) is 12.7. The zero-order valence-corrected chi connectivity index (χ0v) is 27.3. The van der Waals surface area contributed by atoms with Crippen molar-refractivity contribution < 1.29 is 29.3 Å². The fraction of sp³-hybridized carbons (Fsp3) is 0.474. The Morgan fingerprint density at radius 1 is 0.723 bits per heavy atom. The Hall–Kier alpha value is -3.60. The topological polar surface area (TPSA) is 112 Å². The molecule has 0 aromatic heterocycles. The molecule has 47 heavy (non-hydrogen) atoms. The van der Waals surface area contributed by atoms with Gasteiger partial charge in [-0.3, -0.25) is 19.4 Å². The highest BCUT2D eigenvalue weighted by Crippen LogP contribution is 2.38. The molecule has 3 aromatic carbocycles. The maximum absolute atomic E-state index is 12.3. The van der Waals surface area contributed by atoms with E-state index >= 15 is 0 Å². The van der Waals surface area contributed by atoms with Crippen molar-refractivity contribution in [3.8, 4) is 0 Å². The van der Waals surface area contributed by atoms with Crippen molar-refractivity contribution in [3.63, 3.8) is 0 Å². The van der Waals surface area contributed by atoms with E-state index in [9.17, 15) is 14.7 Å². The first kappa shape index (κ1) is 34.7. The van der Waals surface area contributed by atoms with Gasteiger partial charge >= 0.3 is 5.97 Å². The summed E-state index contributed by atoms with van der Waals surface area (Å²) in [4.78, 5) is 28.0. The summed E-state index contributed by atoms with van der Waals surface area (Å²) in [6, 6.07) is 26.7. The smallest absolute Gasteiger partial charge is 0.303 e. The molecule has 9 heteroatoms. The maximum Gasteiger partial charge on any atom is 0.303 e. The summed E-state index contributed by atoms with van der Waals surface area (Å²) in [6.07, 6.45) is 3.83. The van der Waals surface area contributed by atoms with Crippen molar-refractivity contribution in [3.05, 3.63) is 107 Å². The standard InChI is InChI=1S/C38H49N3O6/c42-28-31-14-16-32(17-15-31)35-24-34(27-41-22-20-40(21-23-41)26-30-8-4-3-5-9-30)46-38(47-35)33-18-12-29(13-19-33)25-39-36(43)10-6-1-2-7-11-37(44)45/h3-5,8-9,12-19,34-35,38,42H,1-2,6-7,10-11,20-28H2,(H,39,43)(H,44,45)/t34-,35+,38+/m1/s1. The minimum atomic E-state index is -0.771. The number of nitrogens with zero attached hydrogens (tertiary/aromatic N) is 2. The number of aliphatic hydroxyl groups excluding tert-OH is 1. The number of carboxylic acids is 1. The molecule has 0 aliphatic carbocycles. The Kier molecular flexibility index (Phi) is 13.4. The zero-order valence-electron chi connectivity index (χ0n) is 27.3. The summed E-state index contributed by atoms with van der Waals surface area (Å²) >= 11 is 0. The number of ether oxygens (including phenoxy) is 2. The summed E-state index contributed by atoms with van der Waals surface area (Å²) < 4.78 is 13.1. The van der Waals surface area contributed by atoms with E-state index in [4.69, 9.17) is 14.6 Å². The number of amides is 1. The molecule has 2 aliphatic heterocycles. The highest BCUT2D eigenvalue weighted by atomic mass is 16.7. The van der Waals surface area contributed by atoms with E-state index in [1.165, 1.54) is 5.56 Å². The lowest BCUT2D eigenvalue weighted by molar-refractivity contribution is -0.253. The Bertz CT molecular complexity index is 1380. The van der Waals surface area contributed by atoms with Crippen LogP contribution in [0.3, 0.4) is 0 Å². The number of benzene rings is 3. The second-order valence-corrected chi connectivity index (χ2v) is 12.7. The molecule has 9 nitrogen and oxygen atoms in total. The molecular weight excluding hydrogens is 594 g/mol. The molecule has 3 N–H and O–H groups in total. The van der Waals surface area contributed by atoms with Crippen LogP contribution in [0.25, 0.3) is 0 Å². The van der Waals surface area contributed by atoms with Gasteiger partial charge in [0.25, 0.3) is 0 Å². The summed E-state index contributed by atoms with van der Waals surface area (Å²) in [5.74, 6) is -0.766. The van der Waals surface area contributed by atoms with Crippen molar-refractivity contribution in [2.45, 2.75) is 83.1 Å². The van der Waals surface area contributed by atoms with Crippen molar-refractivity contribution in [2.24, 2.45) is 0 Å². The van der Waals surface area contributed by atoms with E-state index in [0.29, 0.717) is 19.4 Å².